The molecule has 1 aliphatic carbocycles. The van der Waals surface area contributed by atoms with Crippen molar-refractivity contribution in [1.29, 1.82) is 0 Å². The van der Waals surface area contributed by atoms with Crippen LogP contribution in [-0.2, 0) is 7.05 Å². The van der Waals surface area contributed by atoms with E-state index in [0.29, 0.717) is 35.7 Å². The number of carbonyl (C=O) groups is 1. The normalized spacial score (nSPS) is 19.0. The summed E-state index contributed by atoms with van der Waals surface area (Å²) in [6.45, 7) is 2.41. The van der Waals surface area contributed by atoms with E-state index in [2.05, 4.69) is 15.4 Å². The minimum absolute atomic E-state index is 0.181. The Hall–Kier alpha value is -2.89. The number of oxazole rings is 1. The molecular formula is C19H20N4O2. The average molecular weight is 336 g/mol. The molecule has 4 rings (SSSR count). The molecule has 0 radical (unpaired) electrons. The van der Waals surface area contributed by atoms with Gasteiger partial charge < -0.3 is 9.73 Å². The zero-order chi connectivity index (χ0) is 17.4. The van der Waals surface area contributed by atoms with Crippen LogP contribution in [0.15, 0.2) is 47.0 Å². The fraction of sp³-hybridized carbons (Fsp3) is 0.316. The van der Waals surface area contributed by atoms with Crippen LogP contribution in [-0.4, -0.2) is 27.2 Å². The van der Waals surface area contributed by atoms with Crippen LogP contribution in [0.3, 0.4) is 0 Å². The van der Waals surface area contributed by atoms with Crippen molar-refractivity contribution >= 4 is 5.91 Å². The third kappa shape index (κ3) is 3.07. The molecule has 1 saturated carbocycles. The van der Waals surface area contributed by atoms with Crippen molar-refractivity contribution in [2.45, 2.75) is 19.3 Å². The quantitative estimate of drug-likeness (QED) is 0.777. The number of nitrogens with zero attached hydrogens (tertiary/aromatic N) is 3. The van der Waals surface area contributed by atoms with E-state index in [-0.39, 0.29) is 5.91 Å². The fourth-order valence-electron chi connectivity index (χ4n) is 3.20. The number of aryl methyl sites for hydroxylation is 2. The summed E-state index contributed by atoms with van der Waals surface area (Å²) >= 11 is 0. The topological polar surface area (TPSA) is 73.0 Å². The first-order valence-corrected chi connectivity index (χ1v) is 8.42. The van der Waals surface area contributed by atoms with E-state index < -0.39 is 0 Å². The van der Waals surface area contributed by atoms with E-state index in [1.54, 1.807) is 6.92 Å². The van der Waals surface area contributed by atoms with Crippen LogP contribution >= 0.6 is 0 Å². The fourth-order valence-corrected chi connectivity index (χ4v) is 3.20. The standard InChI is InChI=1S/C19H20N4O2/c1-12-17(22-19(25-12)13-6-4-3-5-7-13)18(24)20-11-14-10-15(14)16-8-9-21-23(16)2/h3-9,14-15H,10-11H2,1-2H3,(H,20,24)/t14-,15+/m0/s1. The predicted molar refractivity (Wildman–Crippen MR) is 93.1 cm³/mol. The maximum Gasteiger partial charge on any atom is 0.273 e. The van der Waals surface area contributed by atoms with Crippen LogP contribution in [0, 0.1) is 12.8 Å². The summed E-state index contributed by atoms with van der Waals surface area (Å²) in [5.74, 6) is 1.77. The first-order chi connectivity index (χ1) is 12.1. The number of nitrogens with one attached hydrogen (secondary N) is 1. The molecule has 2 atom stereocenters. The lowest BCUT2D eigenvalue weighted by molar-refractivity contribution is 0.0945. The molecular weight excluding hydrogens is 316 g/mol. The zero-order valence-electron chi connectivity index (χ0n) is 14.3. The third-order valence-corrected chi connectivity index (χ3v) is 4.72. The molecule has 25 heavy (non-hydrogen) atoms. The molecule has 0 unspecified atom stereocenters. The molecule has 128 valence electrons. The molecule has 6 nitrogen and oxygen atoms in total. The molecule has 0 aliphatic heterocycles. The van der Waals surface area contributed by atoms with E-state index >= 15 is 0 Å². The molecule has 1 N–H and O–H groups in total. The summed E-state index contributed by atoms with van der Waals surface area (Å²) in [7, 11) is 1.95. The lowest BCUT2D eigenvalue weighted by Gasteiger charge is -2.03. The van der Waals surface area contributed by atoms with Crippen molar-refractivity contribution in [2.24, 2.45) is 13.0 Å². The number of benzene rings is 1. The molecule has 3 aromatic rings. The summed E-state index contributed by atoms with van der Waals surface area (Å²) < 4.78 is 7.56. The van der Waals surface area contributed by atoms with Crippen molar-refractivity contribution in [3.8, 4) is 11.5 Å². The summed E-state index contributed by atoms with van der Waals surface area (Å²) in [4.78, 5) is 16.8. The van der Waals surface area contributed by atoms with Crippen LogP contribution < -0.4 is 5.32 Å². The summed E-state index contributed by atoms with van der Waals surface area (Å²) in [5, 5.41) is 7.19. The van der Waals surface area contributed by atoms with Gasteiger partial charge in [0.15, 0.2) is 5.69 Å². The van der Waals surface area contributed by atoms with Gasteiger partial charge in [0.2, 0.25) is 5.89 Å². The predicted octanol–water partition coefficient (Wildman–Crippen LogP) is 2.92. The van der Waals surface area contributed by atoms with E-state index in [4.69, 9.17) is 4.42 Å². The molecule has 0 spiro atoms. The van der Waals surface area contributed by atoms with Crippen molar-refractivity contribution < 1.29 is 9.21 Å². The first-order valence-electron chi connectivity index (χ1n) is 8.42. The Morgan fingerprint density at radius 1 is 1.32 bits per heavy atom. The summed E-state index contributed by atoms with van der Waals surface area (Å²) in [6, 6.07) is 11.6. The van der Waals surface area contributed by atoms with Crippen molar-refractivity contribution in [3.05, 3.63) is 59.7 Å². The SMILES string of the molecule is Cc1oc(-c2ccccc2)nc1C(=O)NC[C@@H]1C[C@H]1c1ccnn1C. The van der Waals surface area contributed by atoms with Crippen molar-refractivity contribution in [3.63, 3.8) is 0 Å². The highest BCUT2D eigenvalue weighted by atomic mass is 16.4. The zero-order valence-corrected chi connectivity index (χ0v) is 14.3. The van der Waals surface area contributed by atoms with Gasteiger partial charge in [0, 0.05) is 37.0 Å². The van der Waals surface area contributed by atoms with Crippen LogP contribution in [0.25, 0.3) is 11.5 Å². The van der Waals surface area contributed by atoms with Gasteiger partial charge >= 0.3 is 0 Å². The van der Waals surface area contributed by atoms with Gasteiger partial charge in [-0.25, -0.2) is 4.98 Å². The molecule has 2 heterocycles. The Bertz CT molecular complexity index is 897. The molecule has 0 saturated heterocycles. The molecule has 6 heteroatoms. The Labute approximate surface area is 145 Å². The second-order valence-electron chi connectivity index (χ2n) is 6.48. The van der Waals surface area contributed by atoms with Crippen LogP contribution in [0.4, 0.5) is 0 Å². The highest BCUT2D eigenvalue weighted by Gasteiger charge is 2.40. The minimum atomic E-state index is -0.181. The number of hydrogen-bond acceptors (Lipinski definition) is 4. The van der Waals surface area contributed by atoms with Crippen LogP contribution in [0.5, 0.6) is 0 Å². The van der Waals surface area contributed by atoms with Crippen LogP contribution in [0.2, 0.25) is 0 Å². The second-order valence-corrected chi connectivity index (χ2v) is 6.48. The Morgan fingerprint density at radius 2 is 2.12 bits per heavy atom. The van der Waals surface area contributed by atoms with Gasteiger partial charge in [0.25, 0.3) is 5.91 Å². The number of amides is 1. The third-order valence-electron chi connectivity index (χ3n) is 4.72. The van der Waals surface area contributed by atoms with Crippen molar-refractivity contribution in [2.75, 3.05) is 6.54 Å². The molecule has 2 aromatic heterocycles. The van der Waals surface area contributed by atoms with Crippen molar-refractivity contribution in [1.82, 2.24) is 20.1 Å². The number of aromatic nitrogens is 3. The van der Waals surface area contributed by atoms with Gasteiger partial charge in [-0.3, -0.25) is 9.48 Å². The molecule has 1 amide bonds. The largest absolute Gasteiger partial charge is 0.441 e. The summed E-state index contributed by atoms with van der Waals surface area (Å²) in [6.07, 6.45) is 2.89. The van der Waals surface area contributed by atoms with E-state index in [1.807, 2.05) is 54.3 Å². The van der Waals surface area contributed by atoms with Crippen LogP contribution in [0.1, 0.15) is 34.3 Å². The Balaban J connectivity index is 1.39. The number of carbonyl (C=O) groups excluding carboxylic acids is 1. The van der Waals surface area contributed by atoms with E-state index in [0.717, 1.165) is 12.0 Å². The van der Waals surface area contributed by atoms with E-state index in [9.17, 15) is 4.79 Å². The lowest BCUT2D eigenvalue weighted by Crippen LogP contribution is -2.26. The van der Waals surface area contributed by atoms with Gasteiger partial charge in [-0.05, 0) is 37.5 Å². The maximum absolute atomic E-state index is 12.5. The molecule has 1 aliphatic rings. The van der Waals surface area contributed by atoms with Gasteiger partial charge in [-0.2, -0.15) is 5.10 Å². The smallest absolute Gasteiger partial charge is 0.273 e. The minimum Gasteiger partial charge on any atom is -0.441 e. The van der Waals surface area contributed by atoms with E-state index in [1.165, 1.54) is 5.69 Å². The highest BCUT2D eigenvalue weighted by Crippen LogP contribution is 2.46. The number of hydrogen-bond donors (Lipinski definition) is 1. The second kappa shape index (κ2) is 6.20. The monoisotopic (exact) mass is 336 g/mol. The van der Waals surface area contributed by atoms with Gasteiger partial charge in [0.05, 0.1) is 0 Å². The van der Waals surface area contributed by atoms with Gasteiger partial charge in [0.1, 0.15) is 5.76 Å². The first kappa shape index (κ1) is 15.6. The molecule has 1 aromatic carbocycles. The van der Waals surface area contributed by atoms with Gasteiger partial charge in [-0.15, -0.1) is 0 Å². The summed E-state index contributed by atoms with van der Waals surface area (Å²) in [5.41, 5.74) is 2.45. The Kier molecular flexibility index (Phi) is 3.87. The number of rotatable bonds is 5. The Morgan fingerprint density at radius 3 is 2.84 bits per heavy atom. The highest BCUT2D eigenvalue weighted by molar-refractivity contribution is 5.93. The molecule has 1 fully saturated rings. The van der Waals surface area contributed by atoms with Gasteiger partial charge in [-0.1, -0.05) is 18.2 Å². The lowest BCUT2D eigenvalue weighted by atomic mass is 10.2. The maximum atomic E-state index is 12.5. The average Bonchev–Trinajstić information content (AvgIpc) is 3.08. The molecule has 0 bridgehead atoms.